The Morgan fingerprint density at radius 2 is 1.72 bits per heavy atom. The number of nitrogens with zero attached hydrogens (tertiary/aromatic N) is 1. The molecule has 1 unspecified atom stereocenters. The number of hydrogen-bond acceptors (Lipinski definition) is 2. The molecule has 2 aromatic rings. The van der Waals surface area contributed by atoms with Crippen LogP contribution in [0.1, 0.15) is 22.7 Å². The molecule has 1 atom stereocenters. The van der Waals surface area contributed by atoms with Crippen LogP contribution in [-0.4, -0.2) is 12.4 Å². The van der Waals surface area contributed by atoms with Crippen molar-refractivity contribution in [2.24, 2.45) is 4.99 Å². The second kappa shape index (κ2) is 4.65. The van der Waals surface area contributed by atoms with Crippen LogP contribution in [0, 0.1) is 6.92 Å². The molecule has 0 fully saturated rings. The number of aryl methyl sites for hydroxylation is 1. The molecule has 1 heterocycles. The maximum atomic E-state index is 4.60. The number of rotatable bonds is 2. The quantitative estimate of drug-likeness (QED) is 0.851. The molecule has 0 aliphatic carbocycles. The van der Waals surface area contributed by atoms with Crippen molar-refractivity contribution < 1.29 is 0 Å². The number of hydrogen-bond donors (Lipinski definition) is 1. The highest BCUT2D eigenvalue weighted by Crippen LogP contribution is 2.19. The van der Waals surface area contributed by atoms with Crippen LogP contribution < -0.4 is 5.32 Å². The van der Waals surface area contributed by atoms with Crippen molar-refractivity contribution in [1.82, 2.24) is 5.32 Å². The van der Waals surface area contributed by atoms with E-state index in [4.69, 9.17) is 0 Å². The Kier molecular flexibility index (Phi) is 2.85. The van der Waals surface area contributed by atoms with Gasteiger partial charge in [-0.3, -0.25) is 4.99 Å². The molecule has 18 heavy (non-hydrogen) atoms. The van der Waals surface area contributed by atoms with Gasteiger partial charge in [0.15, 0.2) is 0 Å². The number of nitrogens with one attached hydrogen (secondary N) is 1. The van der Waals surface area contributed by atoms with Crippen LogP contribution in [0.2, 0.25) is 0 Å². The monoisotopic (exact) mass is 236 g/mol. The molecule has 2 nitrogen and oxygen atoms in total. The van der Waals surface area contributed by atoms with Crippen LogP contribution in [0.3, 0.4) is 0 Å². The van der Waals surface area contributed by atoms with Crippen molar-refractivity contribution in [3.8, 4) is 0 Å². The molecule has 0 aromatic heterocycles. The minimum atomic E-state index is 0.308. The summed E-state index contributed by atoms with van der Waals surface area (Å²) in [5.41, 5.74) is 3.74. The normalized spacial score (nSPS) is 18.3. The lowest BCUT2D eigenvalue weighted by Crippen LogP contribution is -2.23. The second-order valence-corrected chi connectivity index (χ2v) is 4.66. The van der Waals surface area contributed by atoms with Crippen LogP contribution >= 0.6 is 0 Å². The van der Waals surface area contributed by atoms with E-state index in [9.17, 15) is 0 Å². The Labute approximate surface area is 107 Å². The molecule has 90 valence electrons. The van der Waals surface area contributed by atoms with E-state index >= 15 is 0 Å². The molecule has 3 rings (SSSR count). The lowest BCUT2D eigenvalue weighted by Gasteiger charge is -2.12. The molecule has 0 radical (unpaired) electrons. The van der Waals surface area contributed by atoms with E-state index in [1.165, 1.54) is 16.7 Å². The van der Waals surface area contributed by atoms with Crippen LogP contribution in [0.5, 0.6) is 0 Å². The number of aliphatic imine (C=N–C) groups is 1. The summed E-state index contributed by atoms with van der Waals surface area (Å²) in [5, 5.41) is 3.49. The summed E-state index contributed by atoms with van der Waals surface area (Å²) in [6, 6.07) is 19.3. The van der Waals surface area contributed by atoms with Crippen LogP contribution in [0.25, 0.3) is 0 Å². The van der Waals surface area contributed by atoms with E-state index in [0.29, 0.717) is 6.04 Å². The number of benzene rings is 2. The number of amidine groups is 1. The zero-order valence-corrected chi connectivity index (χ0v) is 10.4. The summed E-state index contributed by atoms with van der Waals surface area (Å²) in [5.74, 6) is 1.00. The van der Waals surface area contributed by atoms with Gasteiger partial charge in [0.05, 0.1) is 12.6 Å². The van der Waals surface area contributed by atoms with E-state index in [-0.39, 0.29) is 0 Å². The fraction of sp³-hybridized carbons (Fsp3) is 0.188. The smallest absolute Gasteiger partial charge is 0.128 e. The Bertz CT molecular complexity index is 555. The zero-order valence-electron chi connectivity index (χ0n) is 10.4. The largest absolute Gasteiger partial charge is 0.361 e. The van der Waals surface area contributed by atoms with E-state index in [0.717, 1.165) is 12.4 Å². The van der Waals surface area contributed by atoms with Gasteiger partial charge >= 0.3 is 0 Å². The molecule has 0 saturated heterocycles. The van der Waals surface area contributed by atoms with Crippen LogP contribution in [0.4, 0.5) is 0 Å². The Morgan fingerprint density at radius 3 is 2.44 bits per heavy atom. The van der Waals surface area contributed by atoms with E-state index in [1.54, 1.807) is 0 Å². The third-order valence-corrected chi connectivity index (χ3v) is 3.27. The Hall–Kier alpha value is -2.09. The summed E-state index contributed by atoms with van der Waals surface area (Å²) in [7, 11) is 0. The molecule has 1 aliphatic heterocycles. The third-order valence-electron chi connectivity index (χ3n) is 3.27. The molecule has 1 N–H and O–H groups in total. The van der Waals surface area contributed by atoms with Gasteiger partial charge in [0.25, 0.3) is 0 Å². The summed E-state index contributed by atoms with van der Waals surface area (Å²) in [4.78, 5) is 4.60. The fourth-order valence-corrected chi connectivity index (χ4v) is 2.20. The third kappa shape index (κ3) is 2.14. The first kappa shape index (κ1) is 11.0. The van der Waals surface area contributed by atoms with Gasteiger partial charge in [-0.15, -0.1) is 0 Å². The van der Waals surface area contributed by atoms with Gasteiger partial charge in [-0.05, 0) is 12.5 Å². The van der Waals surface area contributed by atoms with Crippen LogP contribution in [-0.2, 0) is 0 Å². The first-order valence-corrected chi connectivity index (χ1v) is 6.26. The van der Waals surface area contributed by atoms with Crippen molar-refractivity contribution in [3.05, 3.63) is 71.3 Å². The Morgan fingerprint density at radius 1 is 1.00 bits per heavy atom. The van der Waals surface area contributed by atoms with Gasteiger partial charge in [-0.2, -0.15) is 0 Å². The molecule has 1 aliphatic rings. The minimum absolute atomic E-state index is 0.308. The fourth-order valence-electron chi connectivity index (χ4n) is 2.20. The molecular formula is C16H16N2. The highest BCUT2D eigenvalue weighted by Gasteiger charge is 2.19. The first-order valence-electron chi connectivity index (χ1n) is 6.26. The van der Waals surface area contributed by atoms with Crippen LogP contribution in [0.15, 0.2) is 59.6 Å². The first-order chi connectivity index (χ1) is 8.83. The topological polar surface area (TPSA) is 24.4 Å². The molecule has 0 saturated carbocycles. The van der Waals surface area contributed by atoms with E-state index in [1.807, 2.05) is 6.07 Å². The maximum Gasteiger partial charge on any atom is 0.128 e. The molecule has 2 heteroatoms. The SMILES string of the molecule is Cc1ccc(C2=NCC(c3ccccc3)N2)cc1. The summed E-state index contributed by atoms with van der Waals surface area (Å²) < 4.78 is 0. The molecule has 0 bridgehead atoms. The maximum absolute atomic E-state index is 4.60. The van der Waals surface area contributed by atoms with Gasteiger partial charge in [-0.25, -0.2) is 0 Å². The molecule has 0 amide bonds. The predicted octanol–water partition coefficient (Wildman–Crippen LogP) is 3.09. The second-order valence-electron chi connectivity index (χ2n) is 4.66. The molecule has 0 spiro atoms. The minimum Gasteiger partial charge on any atom is -0.361 e. The molecular weight excluding hydrogens is 220 g/mol. The standard InChI is InChI=1S/C16H16N2/c1-12-7-9-14(10-8-12)16-17-11-15(18-16)13-5-3-2-4-6-13/h2-10,15H,11H2,1H3,(H,17,18). The van der Waals surface area contributed by atoms with E-state index in [2.05, 4.69) is 65.8 Å². The Balaban J connectivity index is 1.77. The van der Waals surface area contributed by atoms with Gasteiger partial charge < -0.3 is 5.32 Å². The highest BCUT2D eigenvalue weighted by atomic mass is 15.1. The summed E-state index contributed by atoms with van der Waals surface area (Å²) >= 11 is 0. The lowest BCUT2D eigenvalue weighted by atomic mass is 10.1. The lowest BCUT2D eigenvalue weighted by molar-refractivity contribution is 0.709. The van der Waals surface area contributed by atoms with Crippen molar-refractivity contribution in [2.75, 3.05) is 6.54 Å². The van der Waals surface area contributed by atoms with E-state index < -0.39 is 0 Å². The summed E-state index contributed by atoms with van der Waals surface area (Å²) in [6.45, 7) is 2.91. The van der Waals surface area contributed by atoms with Gasteiger partial charge in [0.1, 0.15) is 5.84 Å². The van der Waals surface area contributed by atoms with Crippen molar-refractivity contribution in [3.63, 3.8) is 0 Å². The average Bonchev–Trinajstić information content (AvgIpc) is 2.90. The van der Waals surface area contributed by atoms with Gasteiger partial charge in [-0.1, -0.05) is 60.2 Å². The van der Waals surface area contributed by atoms with Crippen molar-refractivity contribution in [1.29, 1.82) is 0 Å². The zero-order chi connectivity index (χ0) is 12.4. The van der Waals surface area contributed by atoms with Gasteiger partial charge in [0.2, 0.25) is 0 Å². The predicted molar refractivity (Wildman–Crippen MR) is 74.9 cm³/mol. The highest BCUT2D eigenvalue weighted by molar-refractivity contribution is 6.00. The van der Waals surface area contributed by atoms with Crippen molar-refractivity contribution in [2.45, 2.75) is 13.0 Å². The van der Waals surface area contributed by atoms with Crippen molar-refractivity contribution >= 4 is 5.84 Å². The van der Waals surface area contributed by atoms with Gasteiger partial charge in [0, 0.05) is 5.56 Å². The average molecular weight is 236 g/mol. The molecule has 2 aromatic carbocycles. The summed E-state index contributed by atoms with van der Waals surface area (Å²) in [6.07, 6.45) is 0.